The zero-order valence-electron chi connectivity index (χ0n) is 18.8. The fraction of sp³-hybridized carbons (Fsp3) is 0.333. The van der Waals surface area contributed by atoms with Gasteiger partial charge in [0.1, 0.15) is 9.84 Å². The summed E-state index contributed by atoms with van der Waals surface area (Å²) in [6.07, 6.45) is 2.22. The third kappa shape index (κ3) is 5.90. The number of aryl methyl sites for hydroxylation is 1. The second-order valence-electron chi connectivity index (χ2n) is 8.02. The number of nitrogens with zero attached hydrogens (tertiary/aromatic N) is 2. The van der Waals surface area contributed by atoms with Crippen LogP contribution in [0.1, 0.15) is 41.4 Å². The molecule has 1 aromatic carbocycles. The third-order valence-corrected chi connectivity index (χ3v) is 8.26. The Balaban J connectivity index is 1.40. The molecule has 0 aliphatic carbocycles. The van der Waals surface area contributed by atoms with E-state index in [1.54, 1.807) is 11.3 Å². The number of benzene rings is 1. The van der Waals surface area contributed by atoms with Gasteiger partial charge in [0.15, 0.2) is 5.16 Å². The summed E-state index contributed by atoms with van der Waals surface area (Å²) < 4.78 is 0. The number of rotatable bonds is 9. The largest absolute Gasteiger partial charge is 0.326 e. The molecule has 0 aliphatic heterocycles. The Morgan fingerprint density at radius 1 is 1.24 bits per heavy atom. The van der Waals surface area contributed by atoms with E-state index in [4.69, 9.17) is 4.98 Å². The minimum atomic E-state index is -0.0903. The van der Waals surface area contributed by atoms with Gasteiger partial charge < -0.3 is 10.3 Å². The first-order valence-electron chi connectivity index (χ1n) is 10.9. The second kappa shape index (κ2) is 10.6. The summed E-state index contributed by atoms with van der Waals surface area (Å²) in [5.41, 5.74) is 2.71. The Labute approximate surface area is 204 Å². The van der Waals surface area contributed by atoms with Crippen LogP contribution in [0.3, 0.4) is 0 Å². The lowest BCUT2D eigenvalue weighted by atomic mass is 9.98. The maximum atomic E-state index is 12.8. The Morgan fingerprint density at radius 3 is 2.79 bits per heavy atom. The van der Waals surface area contributed by atoms with E-state index in [2.05, 4.69) is 36.1 Å². The lowest BCUT2D eigenvalue weighted by Gasteiger charge is -2.08. The molecule has 0 fully saturated rings. The Hall–Kier alpha value is -2.49. The van der Waals surface area contributed by atoms with E-state index < -0.39 is 0 Å². The van der Waals surface area contributed by atoms with Gasteiger partial charge in [-0.15, -0.1) is 22.7 Å². The molecule has 2 N–H and O–H groups in total. The number of para-hydroxylation sites is 1. The van der Waals surface area contributed by atoms with Crippen molar-refractivity contribution < 1.29 is 4.79 Å². The lowest BCUT2D eigenvalue weighted by Crippen LogP contribution is -2.14. The van der Waals surface area contributed by atoms with Crippen LogP contribution in [0.25, 0.3) is 10.2 Å². The van der Waals surface area contributed by atoms with Crippen molar-refractivity contribution >= 4 is 56.2 Å². The SMILES string of the molecule is CCC(C)Cc1c(C)sc2nc(SCc3csc(CC(=O)Nc4ccccc4)n3)[nH]c(=O)c12. The van der Waals surface area contributed by atoms with Crippen molar-refractivity contribution in [3.05, 3.63) is 67.2 Å². The molecule has 33 heavy (non-hydrogen) atoms. The number of carbonyl (C=O) groups excluding carboxylic acids is 1. The number of H-pyrrole nitrogens is 1. The fourth-order valence-corrected chi connectivity index (χ4v) is 6.23. The predicted molar refractivity (Wildman–Crippen MR) is 139 cm³/mol. The highest BCUT2D eigenvalue weighted by molar-refractivity contribution is 7.98. The van der Waals surface area contributed by atoms with Crippen molar-refractivity contribution in [2.75, 3.05) is 5.32 Å². The predicted octanol–water partition coefficient (Wildman–Crippen LogP) is 5.81. The van der Waals surface area contributed by atoms with E-state index in [-0.39, 0.29) is 17.9 Å². The molecule has 0 aliphatic rings. The molecule has 4 rings (SSSR count). The van der Waals surface area contributed by atoms with Crippen LogP contribution in [-0.4, -0.2) is 20.9 Å². The number of thioether (sulfide) groups is 1. The van der Waals surface area contributed by atoms with E-state index in [9.17, 15) is 9.59 Å². The molecule has 172 valence electrons. The molecule has 1 atom stereocenters. The molecule has 0 saturated heterocycles. The minimum Gasteiger partial charge on any atom is -0.326 e. The van der Waals surface area contributed by atoms with Gasteiger partial charge in [0.25, 0.3) is 5.56 Å². The number of aromatic nitrogens is 3. The van der Waals surface area contributed by atoms with Gasteiger partial charge in [-0.25, -0.2) is 9.97 Å². The fourth-order valence-electron chi connectivity index (χ4n) is 3.47. The molecule has 4 aromatic rings. The maximum absolute atomic E-state index is 12.8. The van der Waals surface area contributed by atoms with Crippen LogP contribution in [-0.2, 0) is 23.4 Å². The topological polar surface area (TPSA) is 87.7 Å². The molecule has 3 aromatic heterocycles. The van der Waals surface area contributed by atoms with Crippen molar-refractivity contribution in [2.24, 2.45) is 5.92 Å². The zero-order valence-corrected chi connectivity index (χ0v) is 21.3. The van der Waals surface area contributed by atoms with Gasteiger partial charge in [-0.1, -0.05) is 50.2 Å². The van der Waals surface area contributed by atoms with E-state index >= 15 is 0 Å². The summed E-state index contributed by atoms with van der Waals surface area (Å²) in [5, 5.41) is 6.93. The highest BCUT2D eigenvalue weighted by Gasteiger charge is 2.17. The normalized spacial score (nSPS) is 12.2. The monoisotopic (exact) mass is 498 g/mol. The first kappa shape index (κ1) is 23.7. The molecule has 3 heterocycles. The van der Waals surface area contributed by atoms with Gasteiger partial charge in [0.05, 0.1) is 17.5 Å². The number of carbonyl (C=O) groups is 1. The molecule has 0 radical (unpaired) electrons. The molecule has 0 bridgehead atoms. The van der Waals surface area contributed by atoms with Gasteiger partial charge in [-0.2, -0.15) is 0 Å². The summed E-state index contributed by atoms with van der Waals surface area (Å²) in [6, 6.07) is 9.39. The quantitative estimate of drug-likeness (QED) is 0.225. The minimum absolute atomic E-state index is 0.0679. The molecule has 6 nitrogen and oxygen atoms in total. The third-order valence-electron chi connectivity index (χ3n) is 5.42. The smallest absolute Gasteiger partial charge is 0.260 e. The molecular formula is C24H26N4O2S3. The van der Waals surface area contributed by atoms with Crippen LogP contribution in [0.5, 0.6) is 0 Å². The summed E-state index contributed by atoms with van der Waals surface area (Å²) in [4.78, 5) is 39.3. The zero-order chi connectivity index (χ0) is 23.4. The summed E-state index contributed by atoms with van der Waals surface area (Å²) in [7, 11) is 0. The molecule has 1 amide bonds. The van der Waals surface area contributed by atoms with E-state index in [1.807, 2.05) is 35.7 Å². The second-order valence-corrected chi connectivity index (χ2v) is 11.1. The maximum Gasteiger partial charge on any atom is 0.260 e. The number of amides is 1. The van der Waals surface area contributed by atoms with Crippen molar-refractivity contribution in [2.45, 2.75) is 50.9 Å². The molecule has 1 unspecified atom stereocenters. The number of fused-ring (bicyclic) bond motifs is 1. The van der Waals surface area contributed by atoms with Crippen molar-refractivity contribution in [3.8, 4) is 0 Å². The Bertz CT molecular complexity index is 1310. The first-order chi connectivity index (χ1) is 15.9. The van der Waals surface area contributed by atoms with E-state index in [0.29, 0.717) is 16.8 Å². The number of anilines is 1. The summed E-state index contributed by atoms with van der Waals surface area (Å²) >= 11 is 4.51. The molecule has 0 saturated carbocycles. The number of nitrogens with one attached hydrogen (secondary N) is 2. The van der Waals surface area contributed by atoms with E-state index in [1.165, 1.54) is 28.0 Å². The van der Waals surface area contributed by atoms with Gasteiger partial charge in [-0.3, -0.25) is 9.59 Å². The molecule has 9 heteroatoms. The van der Waals surface area contributed by atoms with Crippen LogP contribution in [0.4, 0.5) is 5.69 Å². The van der Waals surface area contributed by atoms with Crippen LogP contribution in [0.2, 0.25) is 0 Å². The van der Waals surface area contributed by atoms with Crippen molar-refractivity contribution in [1.82, 2.24) is 15.0 Å². The highest BCUT2D eigenvalue weighted by Crippen LogP contribution is 2.31. The number of aromatic amines is 1. The van der Waals surface area contributed by atoms with Crippen LogP contribution in [0, 0.1) is 12.8 Å². The first-order valence-corrected chi connectivity index (χ1v) is 13.5. The Kier molecular flexibility index (Phi) is 7.62. The highest BCUT2D eigenvalue weighted by atomic mass is 32.2. The number of hydrogen-bond donors (Lipinski definition) is 2. The van der Waals surface area contributed by atoms with Gasteiger partial charge in [-0.05, 0) is 37.0 Å². The van der Waals surface area contributed by atoms with Crippen LogP contribution >= 0.6 is 34.4 Å². The summed E-state index contributed by atoms with van der Waals surface area (Å²) in [6.45, 7) is 6.45. The number of hydrogen-bond acceptors (Lipinski definition) is 7. The number of thiophene rings is 1. The molecular weight excluding hydrogens is 472 g/mol. The standard InChI is InChI=1S/C24H26N4O2S3/c1-4-14(2)10-18-15(3)33-23-21(18)22(30)27-24(28-23)32-13-17-12-31-20(26-17)11-19(29)25-16-8-6-5-7-9-16/h5-9,12,14H,4,10-11,13H2,1-3H3,(H,25,29)(H,27,28,30). The number of thiazole rings is 1. The van der Waals surface area contributed by atoms with Crippen LogP contribution < -0.4 is 10.9 Å². The average Bonchev–Trinajstić information content (AvgIpc) is 3.36. The molecule has 0 spiro atoms. The average molecular weight is 499 g/mol. The van der Waals surface area contributed by atoms with E-state index in [0.717, 1.165) is 45.0 Å². The van der Waals surface area contributed by atoms with Gasteiger partial charge in [0, 0.05) is 21.7 Å². The van der Waals surface area contributed by atoms with Crippen molar-refractivity contribution in [3.63, 3.8) is 0 Å². The summed E-state index contributed by atoms with van der Waals surface area (Å²) in [5.74, 6) is 1.02. The van der Waals surface area contributed by atoms with Gasteiger partial charge in [0.2, 0.25) is 5.91 Å². The van der Waals surface area contributed by atoms with Crippen LogP contribution in [0.15, 0.2) is 45.7 Å². The lowest BCUT2D eigenvalue weighted by molar-refractivity contribution is -0.115. The van der Waals surface area contributed by atoms with Gasteiger partial charge >= 0.3 is 0 Å². The van der Waals surface area contributed by atoms with Crippen molar-refractivity contribution in [1.29, 1.82) is 0 Å². The Morgan fingerprint density at radius 2 is 2.03 bits per heavy atom.